The van der Waals surface area contributed by atoms with Crippen molar-refractivity contribution in [1.29, 1.82) is 0 Å². The Morgan fingerprint density at radius 3 is 2.00 bits per heavy atom. The lowest BCUT2D eigenvalue weighted by molar-refractivity contribution is 0.0606. The molecule has 0 spiro atoms. The van der Waals surface area contributed by atoms with Crippen molar-refractivity contribution >= 4 is 0 Å². The van der Waals surface area contributed by atoms with Crippen LogP contribution in [0.4, 0.5) is 0 Å². The molecule has 1 heterocycles. The van der Waals surface area contributed by atoms with Gasteiger partial charge in [0.05, 0.1) is 0 Å². The number of nitrogens with zero attached hydrogens (tertiary/aromatic N) is 2. The third-order valence-corrected chi connectivity index (χ3v) is 3.62. The summed E-state index contributed by atoms with van der Waals surface area (Å²) in [6.07, 6.45) is 2.60. The van der Waals surface area contributed by atoms with E-state index < -0.39 is 0 Å². The monoisotopic (exact) mass is 227 g/mol. The van der Waals surface area contributed by atoms with Crippen LogP contribution in [0.25, 0.3) is 0 Å². The van der Waals surface area contributed by atoms with Gasteiger partial charge in [0, 0.05) is 31.2 Å². The van der Waals surface area contributed by atoms with Gasteiger partial charge in [0.15, 0.2) is 0 Å². The minimum absolute atomic E-state index is 0.658. The summed E-state index contributed by atoms with van der Waals surface area (Å²) in [4.78, 5) is 5.16. The van der Waals surface area contributed by atoms with Gasteiger partial charge in [-0.3, -0.25) is 4.90 Å². The van der Waals surface area contributed by atoms with Gasteiger partial charge in [-0.15, -0.1) is 0 Å². The molecule has 0 radical (unpaired) electrons. The molecule has 1 saturated heterocycles. The number of likely N-dealkylation sites (tertiary alicyclic amines) is 1. The second kappa shape index (κ2) is 6.58. The minimum atomic E-state index is 0.658. The molecule has 1 rings (SSSR count). The van der Waals surface area contributed by atoms with E-state index in [1.807, 2.05) is 0 Å². The third-order valence-electron chi connectivity index (χ3n) is 3.62. The smallest absolute Gasteiger partial charge is 0.0125 e. The summed E-state index contributed by atoms with van der Waals surface area (Å²) in [5.74, 6) is 0. The number of nitrogens with two attached hydrogens (primary N) is 1. The highest BCUT2D eigenvalue weighted by atomic mass is 15.2. The van der Waals surface area contributed by atoms with Crippen molar-refractivity contribution in [1.82, 2.24) is 9.80 Å². The normalized spacial score (nSPS) is 20.2. The van der Waals surface area contributed by atoms with E-state index in [1.165, 1.54) is 25.9 Å². The SMILES string of the molecule is CC(C)N(C(C)C)C1CCN(CCN)CC1. The van der Waals surface area contributed by atoms with E-state index in [9.17, 15) is 0 Å². The fourth-order valence-electron chi connectivity index (χ4n) is 3.06. The van der Waals surface area contributed by atoms with Gasteiger partial charge in [-0.25, -0.2) is 0 Å². The molecule has 1 fully saturated rings. The summed E-state index contributed by atoms with van der Waals surface area (Å²) in [6.45, 7) is 13.5. The maximum atomic E-state index is 5.60. The van der Waals surface area contributed by atoms with E-state index in [2.05, 4.69) is 37.5 Å². The van der Waals surface area contributed by atoms with Gasteiger partial charge >= 0.3 is 0 Å². The Kier molecular flexibility index (Phi) is 5.73. The fourth-order valence-corrected chi connectivity index (χ4v) is 3.06. The second-order valence-electron chi connectivity index (χ2n) is 5.50. The summed E-state index contributed by atoms with van der Waals surface area (Å²) in [5, 5.41) is 0. The van der Waals surface area contributed by atoms with Gasteiger partial charge in [0.1, 0.15) is 0 Å². The molecule has 1 aliphatic rings. The van der Waals surface area contributed by atoms with Gasteiger partial charge < -0.3 is 10.6 Å². The summed E-state index contributed by atoms with van der Waals surface area (Å²) in [7, 11) is 0. The number of piperidine rings is 1. The standard InChI is InChI=1S/C13H29N3/c1-11(2)16(12(3)4)13-5-8-15(9-6-13)10-7-14/h11-13H,5-10,14H2,1-4H3. The van der Waals surface area contributed by atoms with Crippen LogP contribution in [-0.4, -0.2) is 54.1 Å². The topological polar surface area (TPSA) is 32.5 Å². The zero-order chi connectivity index (χ0) is 12.1. The first-order chi connectivity index (χ1) is 7.56. The van der Waals surface area contributed by atoms with E-state index >= 15 is 0 Å². The van der Waals surface area contributed by atoms with Crippen LogP contribution in [0.1, 0.15) is 40.5 Å². The Morgan fingerprint density at radius 2 is 1.62 bits per heavy atom. The Balaban J connectivity index is 2.44. The molecule has 96 valence electrons. The maximum Gasteiger partial charge on any atom is 0.0125 e. The zero-order valence-corrected chi connectivity index (χ0v) is 11.4. The molecule has 0 saturated carbocycles. The van der Waals surface area contributed by atoms with Crippen LogP contribution in [-0.2, 0) is 0 Å². The van der Waals surface area contributed by atoms with Crippen molar-refractivity contribution in [2.24, 2.45) is 5.73 Å². The Labute approximate surface area is 101 Å². The van der Waals surface area contributed by atoms with Crippen LogP contribution >= 0.6 is 0 Å². The van der Waals surface area contributed by atoms with E-state index in [-0.39, 0.29) is 0 Å². The van der Waals surface area contributed by atoms with Crippen molar-refractivity contribution in [3.63, 3.8) is 0 Å². The second-order valence-corrected chi connectivity index (χ2v) is 5.50. The van der Waals surface area contributed by atoms with Gasteiger partial charge in [-0.1, -0.05) is 0 Å². The quantitative estimate of drug-likeness (QED) is 0.773. The van der Waals surface area contributed by atoms with Crippen LogP contribution in [0.3, 0.4) is 0 Å². The molecular weight excluding hydrogens is 198 g/mol. The number of rotatable bonds is 5. The van der Waals surface area contributed by atoms with Crippen LogP contribution in [0.15, 0.2) is 0 Å². The predicted molar refractivity (Wildman–Crippen MR) is 70.6 cm³/mol. The maximum absolute atomic E-state index is 5.60. The highest BCUT2D eigenvalue weighted by molar-refractivity contribution is 4.83. The van der Waals surface area contributed by atoms with Crippen LogP contribution in [0.2, 0.25) is 0 Å². The average molecular weight is 227 g/mol. The Morgan fingerprint density at radius 1 is 1.12 bits per heavy atom. The van der Waals surface area contributed by atoms with Crippen LogP contribution < -0.4 is 5.73 Å². The molecule has 0 bridgehead atoms. The Bertz CT molecular complexity index is 176. The highest BCUT2D eigenvalue weighted by Gasteiger charge is 2.27. The molecule has 3 nitrogen and oxygen atoms in total. The van der Waals surface area contributed by atoms with Crippen molar-refractivity contribution in [3.05, 3.63) is 0 Å². The highest BCUT2D eigenvalue weighted by Crippen LogP contribution is 2.20. The van der Waals surface area contributed by atoms with Crippen molar-refractivity contribution in [2.75, 3.05) is 26.2 Å². The molecule has 2 N–H and O–H groups in total. The molecule has 0 aliphatic carbocycles. The lowest BCUT2D eigenvalue weighted by Gasteiger charge is -2.42. The van der Waals surface area contributed by atoms with Gasteiger partial charge in [-0.2, -0.15) is 0 Å². The predicted octanol–water partition coefficient (Wildman–Crippen LogP) is 1.53. The largest absolute Gasteiger partial charge is 0.329 e. The lowest BCUT2D eigenvalue weighted by atomic mass is 10.00. The zero-order valence-electron chi connectivity index (χ0n) is 11.4. The lowest BCUT2D eigenvalue weighted by Crippen LogP contribution is -2.50. The van der Waals surface area contributed by atoms with E-state index in [1.54, 1.807) is 0 Å². The van der Waals surface area contributed by atoms with E-state index in [0.29, 0.717) is 12.1 Å². The van der Waals surface area contributed by atoms with Crippen molar-refractivity contribution < 1.29 is 0 Å². The fraction of sp³-hybridized carbons (Fsp3) is 1.00. The number of hydrogen-bond acceptors (Lipinski definition) is 3. The summed E-state index contributed by atoms with van der Waals surface area (Å²) >= 11 is 0. The molecule has 16 heavy (non-hydrogen) atoms. The van der Waals surface area contributed by atoms with Gasteiger partial charge in [-0.05, 0) is 53.6 Å². The van der Waals surface area contributed by atoms with E-state index in [4.69, 9.17) is 5.73 Å². The van der Waals surface area contributed by atoms with E-state index in [0.717, 1.165) is 19.1 Å². The first kappa shape index (κ1) is 13.9. The first-order valence-corrected chi connectivity index (χ1v) is 6.76. The van der Waals surface area contributed by atoms with Crippen LogP contribution in [0, 0.1) is 0 Å². The molecule has 0 unspecified atom stereocenters. The van der Waals surface area contributed by atoms with Gasteiger partial charge in [0.25, 0.3) is 0 Å². The summed E-state index contributed by atoms with van der Waals surface area (Å²) < 4.78 is 0. The Hall–Kier alpha value is -0.120. The minimum Gasteiger partial charge on any atom is -0.329 e. The summed E-state index contributed by atoms with van der Waals surface area (Å²) in [5.41, 5.74) is 5.60. The molecule has 0 atom stereocenters. The third kappa shape index (κ3) is 3.72. The van der Waals surface area contributed by atoms with Crippen molar-refractivity contribution in [2.45, 2.75) is 58.7 Å². The molecule has 0 aromatic heterocycles. The molecular formula is C13H29N3. The molecule has 3 heteroatoms. The number of hydrogen-bond donors (Lipinski definition) is 1. The van der Waals surface area contributed by atoms with Crippen molar-refractivity contribution in [3.8, 4) is 0 Å². The molecule has 1 aliphatic heterocycles. The molecule has 0 aromatic carbocycles. The van der Waals surface area contributed by atoms with Crippen LogP contribution in [0.5, 0.6) is 0 Å². The van der Waals surface area contributed by atoms with Gasteiger partial charge in [0.2, 0.25) is 0 Å². The summed E-state index contributed by atoms with van der Waals surface area (Å²) in [6, 6.07) is 2.09. The molecule has 0 aromatic rings. The first-order valence-electron chi connectivity index (χ1n) is 6.76. The molecule has 0 amide bonds. The average Bonchev–Trinajstić information content (AvgIpc) is 2.20.